The molecule has 2 rings (SSSR count). The van der Waals surface area contributed by atoms with Crippen molar-refractivity contribution >= 4 is 21.6 Å². The van der Waals surface area contributed by atoms with Crippen LogP contribution in [-0.4, -0.2) is 31.3 Å². The lowest BCUT2D eigenvalue weighted by Gasteiger charge is -2.18. The number of rotatable bonds is 6. The van der Waals surface area contributed by atoms with Gasteiger partial charge in [-0.15, -0.1) is 11.6 Å². The van der Waals surface area contributed by atoms with E-state index in [-0.39, 0.29) is 10.8 Å². The Hall–Kier alpha value is -1.43. The lowest BCUT2D eigenvalue weighted by molar-refractivity contribution is 0.470. The van der Waals surface area contributed by atoms with Gasteiger partial charge in [0.15, 0.2) is 0 Å². The van der Waals surface area contributed by atoms with Gasteiger partial charge in [0, 0.05) is 37.8 Å². The molecule has 0 saturated heterocycles. The van der Waals surface area contributed by atoms with E-state index in [9.17, 15) is 8.42 Å². The second-order valence-electron chi connectivity index (χ2n) is 4.64. The molecule has 1 aromatic carbocycles. The smallest absolute Gasteiger partial charge is 0.243 e. The molecule has 0 aliphatic rings. The Morgan fingerprint density at radius 3 is 2.52 bits per heavy atom. The summed E-state index contributed by atoms with van der Waals surface area (Å²) in [6.07, 6.45) is 2.27. The van der Waals surface area contributed by atoms with Gasteiger partial charge in [0.25, 0.3) is 0 Å². The van der Waals surface area contributed by atoms with Gasteiger partial charge in [-0.25, -0.2) is 12.7 Å². The summed E-state index contributed by atoms with van der Waals surface area (Å²) < 4.78 is 26.5. The van der Waals surface area contributed by atoms with E-state index >= 15 is 0 Å². The summed E-state index contributed by atoms with van der Waals surface area (Å²) in [5.41, 5.74) is 1.48. The topological polar surface area (TPSA) is 50.3 Å². The molecule has 0 N–H and O–H groups in total. The third kappa shape index (κ3) is 3.81. The molecule has 112 valence electrons. The fourth-order valence-corrected chi connectivity index (χ4v) is 3.67. The molecule has 0 saturated carbocycles. The Morgan fingerprint density at radius 1 is 1.14 bits per heavy atom. The first-order valence-electron chi connectivity index (χ1n) is 6.56. The number of likely N-dealkylation sites (N-methyl/N-ethyl adjacent to an activating group) is 1. The van der Waals surface area contributed by atoms with Crippen molar-refractivity contribution in [3.63, 3.8) is 0 Å². The molecule has 0 amide bonds. The maximum Gasteiger partial charge on any atom is 0.243 e. The average Bonchev–Trinajstić information content (AvgIpc) is 2.53. The number of hydrogen-bond donors (Lipinski definition) is 0. The van der Waals surface area contributed by atoms with Crippen LogP contribution in [0, 0.1) is 0 Å². The van der Waals surface area contributed by atoms with E-state index in [2.05, 4.69) is 4.98 Å². The van der Waals surface area contributed by atoms with Gasteiger partial charge in [-0.1, -0.05) is 24.3 Å². The Balaban J connectivity index is 2.15. The van der Waals surface area contributed by atoms with Crippen molar-refractivity contribution in [2.45, 2.75) is 17.2 Å². The quantitative estimate of drug-likeness (QED) is 0.768. The number of halogens is 1. The van der Waals surface area contributed by atoms with Crippen LogP contribution in [0.25, 0.3) is 0 Å². The van der Waals surface area contributed by atoms with E-state index in [4.69, 9.17) is 11.6 Å². The van der Waals surface area contributed by atoms with Crippen molar-refractivity contribution < 1.29 is 8.42 Å². The largest absolute Gasteiger partial charge is 0.261 e. The molecule has 0 spiro atoms. The van der Waals surface area contributed by atoms with Crippen LogP contribution in [0.3, 0.4) is 0 Å². The van der Waals surface area contributed by atoms with Crippen LogP contribution in [-0.2, 0) is 22.3 Å². The summed E-state index contributed by atoms with van der Waals surface area (Å²) in [5.74, 6) is 0.170. The molecule has 2 aromatic rings. The molecule has 0 fully saturated rings. The fraction of sp³-hybridized carbons (Fsp3) is 0.267. The van der Waals surface area contributed by atoms with Crippen LogP contribution in [0.2, 0.25) is 0 Å². The van der Waals surface area contributed by atoms with Crippen molar-refractivity contribution in [3.05, 3.63) is 59.9 Å². The molecule has 0 radical (unpaired) electrons. The first kappa shape index (κ1) is 15.9. The maximum absolute atomic E-state index is 12.6. The summed E-state index contributed by atoms with van der Waals surface area (Å²) >= 11 is 5.82. The molecule has 1 aromatic heterocycles. The average molecular weight is 325 g/mol. The van der Waals surface area contributed by atoms with Crippen molar-refractivity contribution in [1.82, 2.24) is 9.29 Å². The predicted molar refractivity (Wildman–Crippen MR) is 83.8 cm³/mol. The number of alkyl halides is 1. The molecular formula is C15H17ClN2O2S. The van der Waals surface area contributed by atoms with Crippen LogP contribution < -0.4 is 0 Å². The molecule has 0 atom stereocenters. The van der Waals surface area contributed by atoms with Crippen molar-refractivity contribution in [2.24, 2.45) is 0 Å². The lowest BCUT2D eigenvalue weighted by Crippen LogP contribution is -2.29. The van der Waals surface area contributed by atoms with Gasteiger partial charge < -0.3 is 0 Å². The monoisotopic (exact) mass is 324 g/mol. The van der Waals surface area contributed by atoms with Gasteiger partial charge in [-0.2, -0.15) is 0 Å². The number of sulfonamides is 1. The Morgan fingerprint density at radius 2 is 1.86 bits per heavy atom. The van der Waals surface area contributed by atoms with Gasteiger partial charge in [-0.3, -0.25) is 4.98 Å². The highest BCUT2D eigenvalue weighted by atomic mass is 35.5. The van der Waals surface area contributed by atoms with E-state index < -0.39 is 10.0 Å². The summed E-state index contributed by atoms with van der Waals surface area (Å²) in [6, 6.07) is 12.4. The molecule has 4 nitrogen and oxygen atoms in total. The highest BCUT2D eigenvalue weighted by Crippen LogP contribution is 2.20. The lowest BCUT2D eigenvalue weighted by atomic mass is 10.2. The molecule has 1 heterocycles. The number of benzene rings is 1. The minimum Gasteiger partial charge on any atom is -0.261 e. The first-order valence-corrected chi connectivity index (χ1v) is 8.53. The zero-order valence-corrected chi connectivity index (χ0v) is 13.3. The van der Waals surface area contributed by atoms with Crippen LogP contribution in [0.15, 0.2) is 53.6 Å². The molecule has 0 aliphatic heterocycles. The third-order valence-corrected chi connectivity index (χ3v) is 5.46. The van der Waals surface area contributed by atoms with Crippen LogP contribution in [0.5, 0.6) is 0 Å². The second-order valence-corrected chi connectivity index (χ2v) is 6.92. The Kier molecular flexibility index (Phi) is 5.33. The minimum absolute atomic E-state index is 0.170. The van der Waals surface area contributed by atoms with E-state index in [1.54, 1.807) is 37.5 Å². The van der Waals surface area contributed by atoms with Gasteiger partial charge in [0.2, 0.25) is 10.0 Å². The fourth-order valence-electron chi connectivity index (χ4n) is 1.97. The maximum atomic E-state index is 12.6. The number of aromatic nitrogens is 1. The number of pyridine rings is 1. The minimum atomic E-state index is -3.53. The van der Waals surface area contributed by atoms with E-state index in [0.717, 1.165) is 5.69 Å². The van der Waals surface area contributed by atoms with E-state index in [0.29, 0.717) is 18.5 Å². The van der Waals surface area contributed by atoms with Gasteiger partial charge in [-0.05, 0) is 23.8 Å². The summed E-state index contributed by atoms with van der Waals surface area (Å²) in [5, 5.41) is 0. The van der Waals surface area contributed by atoms with Crippen LogP contribution >= 0.6 is 11.6 Å². The summed E-state index contributed by atoms with van der Waals surface area (Å²) in [6.45, 7) is 0.371. The van der Waals surface area contributed by atoms with E-state index in [1.165, 1.54) is 4.31 Å². The van der Waals surface area contributed by atoms with Crippen molar-refractivity contribution in [3.8, 4) is 0 Å². The van der Waals surface area contributed by atoms with Gasteiger partial charge in [0.05, 0.1) is 4.90 Å². The SMILES string of the molecule is CN(CCc1ccccn1)S(=O)(=O)c1ccccc1CCl. The van der Waals surface area contributed by atoms with Crippen molar-refractivity contribution in [2.75, 3.05) is 13.6 Å². The van der Waals surface area contributed by atoms with Crippen LogP contribution in [0.4, 0.5) is 0 Å². The molecule has 0 unspecified atom stereocenters. The Labute approximate surface area is 130 Å². The summed E-state index contributed by atoms with van der Waals surface area (Å²) in [4.78, 5) is 4.46. The zero-order chi connectivity index (χ0) is 15.3. The van der Waals surface area contributed by atoms with Crippen LogP contribution in [0.1, 0.15) is 11.3 Å². The molecule has 21 heavy (non-hydrogen) atoms. The molecule has 6 heteroatoms. The molecular weight excluding hydrogens is 308 g/mol. The first-order chi connectivity index (χ1) is 10.1. The van der Waals surface area contributed by atoms with Gasteiger partial charge in [0.1, 0.15) is 0 Å². The molecule has 0 aliphatic carbocycles. The normalized spacial score (nSPS) is 11.8. The summed E-state index contributed by atoms with van der Waals surface area (Å²) in [7, 11) is -1.96. The number of hydrogen-bond acceptors (Lipinski definition) is 3. The zero-order valence-electron chi connectivity index (χ0n) is 11.7. The second kappa shape index (κ2) is 7.02. The third-order valence-electron chi connectivity index (χ3n) is 3.21. The Bertz CT molecular complexity index is 690. The standard InChI is InChI=1S/C15H17ClN2O2S/c1-18(11-9-14-7-4-5-10-17-14)21(19,20)15-8-3-2-6-13(15)12-16/h2-8,10H,9,11-12H2,1H3. The van der Waals surface area contributed by atoms with Gasteiger partial charge >= 0.3 is 0 Å². The predicted octanol–water partition coefficient (Wildman–Crippen LogP) is 2.68. The van der Waals surface area contributed by atoms with Crippen molar-refractivity contribution in [1.29, 1.82) is 0 Å². The highest BCUT2D eigenvalue weighted by molar-refractivity contribution is 7.89. The highest BCUT2D eigenvalue weighted by Gasteiger charge is 2.23. The number of nitrogens with zero attached hydrogens (tertiary/aromatic N) is 2. The van der Waals surface area contributed by atoms with E-state index in [1.807, 2.05) is 18.2 Å². The molecule has 0 bridgehead atoms.